The molecule has 0 heterocycles. The van der Waals surface area contributed by atoms with Crippen LogP contribution >= 0.6 is 0 Å². The van der Waals surface area contributed by atoms with E-state index in [-0.39, 0.29) is 28.6 Å². The van der Waals surface area contributed by atoms with Gasteiger partial charge in [-0.2, -0.15) is 0 Å². The van der Waals surface area contributed by atoms with Gasteiger partial charge >= 0.3 is 0 Å². The standard InChI is InChI=1S/C20H28O5/c1-9-7-19-10(2)5-13-14(18(13,3)4)12(17(19)24)6-11(8-21)16(23)20(19,25)15(9)22/h6-7,10,12-16,21-23,25H,5,8H2,1-4H3/t10?,12?,13?,14?,15?,16?,19-,20+/m0/s1. The number of carbonyl (C=O) groups is 1. The fourth-order valence-corrected chi connectivity index (χ4v) is 6.43. The van der Waals surface area contributed by atoms with Crippen molar-refractivity contribution in [1.82, 2.24) is 0 Å². The molecule has 0 saturated heterocycles. The van der Waals surface area contributed by atoms with E-state index in [4.69, 9.17) is 0 Å². The van der Waals surface area contributed by atoms with Crippen LogP contribution in [0, 0.1) is 34.5 Å². The van der Waals surface area contributed by atoms with Crippen molar-refractivity contribution in [3.63, 3.8) is 0 Å². The van der Waals surface area contributed by atoms with Crippen molar-refractivity contribution in [1.29, 1.82) is 0 Å². The van der Waals surface area contributed by atoms with Gasteiger partial charge in [-0.05, 0) is 47.7 Å². The molecule has 8 atom stereocenters. The Balaban J connectivity index is 1.99. The quantitative estimate of drug-likeness (QED) is 0.526. The number of rotatable bonds is 1. The summed E-state index contributed by atoms with van der Waals surface area (Å²) in [5, 5.41) is 43.0. The molecule has 138 valence electrons. The molecule has 4 aliphatic carbocycles. The lowest BCUT2D eigenvalue weighted by molar-refractivity contribution is -0.190. The predicted octanol–water partition coefficient (Wildman–Crippen LogP) is 0.815. The first-order valence-corrected chi connectivity index (χ1v) is 9.18. The molecule has 4 aliphatic rings. The van der Waals surface area contributed by atoms with Gasteiger partial charge in [0.05, 0.1) is 12.0 Å². The van der Waals surface area contributed by atoms with Gasteiger partial charge in [0, 0.05) is 5.92 Å². The minimum atomic E-state index is -2.03. The second-order valence-electron chi connectivity index (χ2n) is 9.27. The van der Waals surface area contributed by atoms with Crippen molar-refractivity contribution in [3.8, 4) is 0 Å². The van der Waals surface area contributed by atoms with Crippen molar-refractivity contribution >= 4 is 5.78 Å². The number of ketones is 1. The van der Waals surface area contributed by atoms with Gasteiger partial charge in [0.25, 0.3) is 0 Å². The van der Waals surface area contributed by atoms with E-state index in [9.17, 15) is 25.2 Å². The fraction of sp³-hybridized carbons (Fsp3) is 0.750. The Kier molecular flexibility index (Phi) is 3.36. The van der Waals surface area contributed by atoms with Crippen LogP contribution in [0.3, 0.4) is 0 Å². The number of Topliss-reactive ketones (excluding diaryl/α,β-unsaturated/α-hetero) is 1. The summed E-state index contributed by atoms with van der Waals surface area (Å²) in [7, 11) is 0. The van der Waals surface area contributed by atoms with E-state index < -0.39 is 35.7 Å². The Bertz CT molecular complexity index is 707. The molecule has 5 heteroatoms. The van der Waals surface area contributed by atoms with Gasteiger partial charge in [0.15, 0.2) is 5.78 Å². The number of hydrogen-bond acceptors (Lipinski definition) is 5. The Morgan fingerprint density at radius 3 is 2.48 bits per heavy atom. The summed E-state index contributed by atoms with van der Waals surface area (Å²) in [5.74, 6) is -0.288. The molecule has 1 spiro atoms. The van der Waals surface area contributed by atoms with Crippen LogP contribution in [-0.2, 0) is 4.79 Å². The third-order valence-electron chi connectivity index (χ3n) is 7.93. The predicted molar refractivity (Wildman–Crippen MR) is 91.4 cm³/mol. The van der Waals surface area contributed by atoms with Crippen molar-refractivity contribution in [3.05, 3.63) is 23.3 Å². The Hall–Kier alpha value is -1.01. The molecule has 2 fully saturated rings. The van der Waals surface area contributed by atoms with Gasteiger partial charge in [-0.3, -0.25) is 4.79 Å². The summed E-state index contributed by atoms with van der Waals surface area (Å²) < 4.78 is 0. The van der Waals surface area contributed by atoms with Gasteiger partial charge in [-0.15, -0.1) is 0 Å². The van der Waals surface area contributed by atoms with Crippen LogP contribution in [0.1, 0.15) is 34.1 Å². The van der Waals surface area contributed by atoms with E-state index >= 15 is 0 Å². The van der Waals surface area contributed by atoms with E-state index in [0.29, 0.717) is 11.5 Å². The maximum Gasteiger partial charge on any atom is 0.153 e. The van der Waals surface area contributed by atoms with E-state index in [1.54, 1.807) is 19.1 Å². The molecule has 0 aromatic carbocycles. The Labute approximate surface area is 148 Å². The zero-order valence-corrected chi connectivity index (χ0v) is 15.2. The van der Waals surface area contributed by atoms with Crippen molar-refractivity contribution < 1.29 is 25.2 Å². The van der Waals surface area contributed by atoms with Gasteiger partial charge in [0.1, 0.15) is 17.8 Å². The zero-order valence-electron chi connectivity index (χ0n) is 15.2. The van der Waals surface area contributed by atoms with E-state index in [0.717, 1.165) is 6.42 Å². The molecule has 5 nitrogen and oxygen atoms in total. The normalized spacial score (nSPS) is 53.2. The van der Waals surface area contributed by atoms with E-state index in [1.807, 2.05) is 6.92 Å². The highest BCUT2D eigenvalue weighted by molar-refractivity contribution is 5.95. The molecule has 0 aromatic heterocycles. The van der Waals surface area contributed by atoms with Crippen molar-refractivity contribution in [2.75, 3.05) is 6.61 Å². The second kappa shape index (κ2) is 4.83. The van der Waals surface area contributed by atoms with Crippen molar-refractivity contribution in [2.24, 2.45) is 34.5 Å². The lowest BCUT2D eigenvalue weighted by Crippen LogP contribution is -2.65. The number of fused-ring (bicyclic) bond motifs is 3. The van der Waals surface area contributed by atoms with E-state index in [2.05, 4.69) is 13.8 Å². The van der Waals surface area contributed by atoms with Crippen LogP contribution in [0.4, 0.5) is 0 Å². The van der Waals surface area contributed by atoms with E-state index in [1.165, 1.54) is 0 Å². The lowest BCUT2D eigenvalue weighted by Gasteiger charge is -2.48. The summed E-state index contributed by atoms with van der Waals surface area (Å²) >= 11 is 0. The Morgan fingerprint density at radius 1 is 1.24 bits per heavy atom. The molecule has 2 bridgehead atoms. The molecule has 0 aliphatic heterocycles. The largest absolute Gasteiger partial charge is 0.392 e. The molecule has 6 unspecified atom stereocenters. The number of aliphatic hydroxyl groups is 4. The zero-order chi connectivity index (χ0) is 18.5. The van der Waals surface area contributed by atoms with Crippen LogP contribution in [0.2, 0.25) is 0 Å². The molecular formula is C20H28O5. The van der Waals surface area contributed by atoms with Gasteiger partial charge in [-0.1, -0.05) is 32.9 Å². The highest BCUT2D eigenvalue weighted by atomic mass is 16.4. The topological polar surface area (TPSA) is 98.0 Å². The first-order valence-electron chi connectivity index (χ1n) is 9.18. The van der Waals surface area contributed by atoms with Crippen LogP contribution in [-0.4, -0.2) is 50.6 Å². The maximum absolute atomic E-state index is 13.7. The number of hydrogen-bond donors (Lipinski definition) is 4. The first kappa shape index (κ1) is 17.4. The maximum atomic E-state index is 13.7. The van der Waals surface area contributed by atoms with Crippen LogP contribution in [0.15, 0.2) is 23.3 Å². The Morgan fingerprint density at radius 2 is 1.88 bits per heavy atom. The summed E-state index contributed by atoms with van der Waals surface area (Å²) in [5.41, 5.74) is -2.58. The third kappa shape index (κ3) is 1.71. The van der Waals surface area contributed by atoms with Crippen LogP contribution in [0.5, 0.6) is 0 Å². The monoisotopic (exact) mass is 348 g/mol. The highest BCUT2D eigenvalue weighted by Crippen LogP contribution is 2.71. The molecule has 0 amide bonds. The summed E-state index contributed by atoms with van der Waals surface area (Å²) in [4.78, 5) is 13.7. The fourth-order valence-electron chi connectivity index (χ4n) is 6.43. The van der Waals surface area contributed by atoms with Gasteiger partial charge in [0.2, 0.25) is 0 Å². The molecule has 4 rings (SSSR count). The number of carbonyl (C=O) groups excluding carboxylic acids is 1. The summed E-state index contributed by atoms with van der Waals surface area (Å²) in [6.07, 6.45) is 1.34. The third-order valence-corrected chi connectivity index (χ3v) is 7.93. The molecule has 2 saturated carbocycles. The number of aliphatic hydroxyl groups excluding tert-OH is 3. The SMILES string of the molecule is CC1=C[C@]23C(=O)C(C=C(CO)C(O)[C@]2(O)C1O)C1C(CC3C)C1(C)C. The number of allylic oxidation sites excluding steroid dienone is 1. The van der Waals surface area contributed by atoms with Crippen LogP contribution in [0.25, 0.3) is 0 Å². The average Bonchev–Trinajstić information content (AvgIpc) is 3.05. The van der Waals surface area contributed by atoms with Gasteiger partial charge < -0.3 is 20.4 Å². The second-order valence-corrected chi connectivity index (χ2v) is 9.27. The molecule has 4 N–H and O–H groups in total. The van der Waals surface area contributed by atoms with Gasteiger partial charge in [-0.25, -0.2) is 0 Å². The summed E-state index contributed by atoms with van der Waals surface area (Å²) in [6, 6.07) is 0. The van der Waals surface area contributed by atoms with Crippen LogP contribution < -0.4 is 0 Å². The minimum absolute atomic E-state index is 0.0245. The minimum Gasteiger partial charge on any atom is -0.392 e. The average molecular weight is 348 g/mol. The molecule has 0 aromatic rings. The van der Waals surface area contributed by atoms with Crippen molar-refractivity contribution in [2.45, 2.75) is 51.9 Å². The summed E-state index contributed by atoms with van der Waals surface area (Å²) in [6.45, 7) is 7.50. The first-order chi connectivity index (χ1) is 11.5. The smallest absolute Gasteiger partial charge is 0.153 e. The molecule has 0 radical (unpaired) electrons. The highest BCUT2D eigenvalue weighted by Gasteiger charge is 2.75. The molecule has 25 heavy (non-hydrogen) atoms. The lowest BCUT2D eigenvalue weighted by atomic mass is 9.59. The molecular weight excluding hydrogens is 320 g/mol.